The number of ether oxygens (including phenoxy) is 2. The third-order valence-electron chi connectivity index (χ3n) is 7.30. The molecule has 5 aromatic rings. The van der Waals surface area contributed by atoms with Gasteiger partial charge in [0.25, 0.3) is 6.71 Å². The van der Waals surface area contributed by atoms with Gasteiger partial charge in [0.15, 0.2) is 0 Å². The molecule has 2 aliphatic rings. The van der Waals surface area contributed by atoms with Crippen LogP contribution in [0.1, 0.15) is 11.1 Å². The Bertz CT molecular complexity index is 1640. The molecule has 7 rings (SSSR count). The van der Waals surface area contributed by atoms with E-state index in [-0.39, 0.29) is 6.71 Å². The van der Waals surface area contributed by atoms with Crippen molar-refractivity contribution in [3.63, 3.8) is 0 Å². The summed E-state index contributed by atoms with van der Waals surface area (Å²) in [4.78, 5) is 0. The first-order valence-electron chi connectivity index (χ1n) is 12.1. The number of para-hydroxylation sites is 1. The zero-order valence-electron chi connectivity index (χ0n) is 19.7. The second kappa shape index (κ2) is 7.64. The molecule has 35 heavy (non-hydrogen) atoms. The summed E-state index contributed by atoms with van der Waals surface area (Å²) >= 11 is 0. The van der Waals surface area contributed by atoms with E-state index in [1.165, 1.54) is 38.7 Å². The van der Waals surface area contributed by atoms with Crippen molar-refractivity contribution < 1.29 is 9.47 Å². The molecule has 3 heteroatoms. The summed E-state index contributed by atoms with van der Waals surface area (Å²) in [6.45, 7) is 4.37. The highest BCUT2D eigenvalue weighted by Crippen LogP contribution is 2.39. The van der Waals surface area contributed by atoms with Crippen LogP contribution in [-0.2, 0) is 0 Å². The van der Waals surface area contributed by atoms with E-state index >= 15 is 0 Å². The first-order valence-corrected chi connectivity index (χ1v) is 12.1. The molecule has 0 amide bonds. The fourth-order valence-corrected chi connectivity index (χ4v) is 5.56. The zero-order valence-corrected chi connectivity index (χ0v) is 19.7. The fourth-order valence-electron chi connectivity index (χ4n) is 5.56. The molecule has 2 heterocycles. The Hall–Kier alpha value is -4.24. The van der Waals surface area contributed by atoms with E-state index < -0.39 is 0 Å². The van der Waals surface area contributed by atoms with Crippen LogP contribution >= 0.6 is 0 Å². The molecule has 0 unspecified atom stereocenters. The lowest BCUT2D eigenvalue weighted by atomic mass is 9.35. The van der Waals surface area contributed by atoms with Gasteiger partial charge < -0.3 is 9.47 Å². The van der Waals surface area contributed by atoms with Crippen molar-refractivity contribution in [2.45, 2.75) is 13.8 Å². The number of fused-ring (bicyclic) bond motifs is 4. The fraction of sp³-hybridized carbons (Fsp3) is 0.0625. The first-order chi connectivity index (χ1) is 17.2. The van der Waals surface area contributed by atoms with Crippen LogP contribution in [0.4, 0.5) is 0 Å². The molecule has 0 N–H and O–H groups in total. The van der Waals surface area contributed by atoms with Gasteiger partial charge in [-0.05, 0) is 82.4 Å². The quantitative estimate of drug-likeness (QED) is 0.285. The van der Waals surface area contributed by atoms with Crippen molar-refractivity contribution >= 4 is 23.1 Å². The highest BCUT2D eigenvalue weighted by Gasteiger charge is 2.40. The van der Waals surface area contributed by atoms with Gasteiger partial charge in [-0.3, -0.25) is 0 Å². The molecule has 0 saturated heterocycles. The summed E-state index contributed by atoms with van der Waals surface area (Å²) in [5.74, 6) is 3.56. The highest BCUT2D eigenvalue weighted by atomic mass is 16.5. The predicted octanol–water partition coefficient (Wildman–Crippen LogP) is 6.37. The molecular formula is C32H23BO2. The lowest BCUT2D eigenvalue weighted by Crippen LogP contribution is -2.57. The summed E-state index contributed by atoms with van der Waals surface area (Å²) in [5, 5.41) is 0. The van der Waals surface area contributed by atoms with Crippen molar-refractivity contribution in [2.75, 3.05) is 0 Å². The number of aryl methyl sites for hydroxylation is 2. The number of rotatable bonds is 2. The Labute approximate surface area is 205 Å². The molecule has 0 fully saturated rings. The second-order valence-electron chi connectivity index (χ2n) is 9.44. The lowest BCUT2D eigenvalue weighted by Gasteiger charge is -2.33. The molecule has 0 aromatic heterocycles. The molecule has 0 aliphatic carbocycles. The Morgan fingerprint density at radius 2 is 1.03 bits per heavy atom. The van der Waals surface area contributed by atoms with Crippen LogP contribution in [-0.4, -0.2) is 6.71 Å². The van der Waals surface area contributed by atoms with Crippen molar-refractivity contribution in [2.24, 2.45) is 0 Å². The monoisotopic (exact) mass is 450 g/mol. The average Bonchev–Trinajstić information content (AvgIpc) is 2.88. The summed E-state index contributed by atoms with van der Waals surface area (Å²) in [6, 6.07) is 36.3. The Kier molecular flexibility index (Phi) is 4.40. The van der Waals surface area contributed by atoms with Crippen LogP contribution in [0.15, 0.2) is 103 Å². The summed E-state index contributed by atoms with van der Waals surface area (Å²) in [7, 11) is 0. The third-order valence-corrected chi connectivity index (χ3v) is 7.30. The second-order valence-corrected chi connectivity index (χ2v) is 9.44. The molecule has 2 aliphatic heterocycles. The van der Waals surface area contributed by atoms with E-state index in [9.17, 15) is 0 Å². The highest BCUT2D eigenvalue weighted by molar-refractivity contribution is 6.98. The van der Waals surface area contributed by atoms with E-state index in [1.54, 1.807) is 0 Å². The normalized spacial score (nSPS) is 12.7. The van der Waals surface area contributed by atoms with Crippen molar-refractivity contribution in [1.29, 1.82) is 0 Å². The van der Waals surface area contributed by atoms with Crippen LogP contribution in [0.25, 0.3) is 22.3 Å². The molecule has 0 radical (unpaired) electrons. The molecule has 5 aromatic carbocycles. The topological polar surface area (TPSA) is 18.5 Å². The predicted molar refractivity (Wildman–Crippen MR) is 144 cm³/mol. The van der Waals surface area contributed by atoms with Gasteiger partial charge >= 0.3 is 0 Å². The van der Waals surface area contributed by atoms with Crippen LogP contribution in [0.3, 0.4) is 0 Å². The lowest BCUT2D eigenvalue weighted by molar-refractivity contribution is 0.465. The van der Waals surface area contributed by atoms with Gasteiger partial charge in [-0.1, -0.05) is 78.9 Å². The minimum absolute atomic E-state index is 0.0746. The number of benzene rings is 5. The number of hydrogen-bond donors (Lipinski definition) is 0. The summed E-state index contributed by atoms with van der Waals surface area (Å²) < 4.78 is 13.1. The molecule has 2 nitrogen and oxygen atoms in total. The van der Waals surface area contributed by atoms with E-state index in [1.807, 2.05) is 6.07 Å². The average molecular weight is 450 g/mol. The van der Waals surface area contributed by atoms with E-state index in [0.717, 1.165) is 34.0 Å². The Morgan fingerprint density at radius 1 is 0.486 bits per heavy atom. The molecule has 166 valence electrons. The van der Waals surface area contributed by atoms with Gasteiger partial charge in [-0.25, -0.2) is 0 Å². The van der Waals surface area contributed by atoms with Crippen LogP contribution in [0.5, 0.6) is 23.0 Å². The maximum absolute atomic E-state index is 6.66. The minimum Gasteiger partial charge on any atom is -0.458 e. The van der Waals surface area contributed by atoms with E-state index in [2.05, 4.69) is 111 Å². The maximum atomic E-state index is 6.66. The van der Waals surface area contributed by atoms with E-state index in [0.29, 0.717) is 0 Å². The van der Waals surface area contributed by atoms with E-state index in [4.69, 9.17) is 9.47 Å². The van der Waals surface area contributed by atoms with Crippen LogP contribution < -0.4 is 25.9 Å². The zero-order chi connectivity index (χ0) is 23.5. The molecule has 0 bridgehead atoms. The third kappa shape index (κ3) is 3.12. The van der Waals surface area contributed by atoms with Gasteiger partial charge in [-0.15, -0.1) is 0 Å². The van der Waals surface area contributed by atoms with Crippen LogP contribution in [0, 0.1) is 13.8 Å². The van der Waals surface area contributed by atoms with Gasteiger partial charge in [0.05, 0.1) is 0 Å². The van der Waals surface area contributed by atoms with Gasteiger partial charge in [-0.2, -0.15) is 0 Å². The molecule has 0 saturated carbocycles. The van der Waals surface area contributed by atoms with Crippen LogP contribution in [0.2, 0.25) is 0 Å². The maximum Gasteiger partial charge on any atom is 0.260 e. The molecule has 0 atom stereocenters. The minimum atomic E-state index is 0.0746. The molecule has 0 spiro atoms. The SMILES string of the molecule is Cc1ccccc1-c1ccc2c(c1)Oc1cc(-c3ccccc3C)cc3c1B2c1ccccc1O3. The molecular weight excluding hydrogens is 427 g/mol. The Morgan fingerprint density at radius 3 is 1.74 bits per heavy atom. The van der Waals surface area contributed by atoms with Gasteiger partial charge in [0.2, 0.25) is 0 Å². The summed E-state index contributed by atoms with van der Waals surface area (Å²) in [5.41, 5.74) is 10.6. The van der Waals surface area contributed by atoms with Crippen molar-refractivity contribution in [3.8, 4) is 45.3 Å². The summed E-state index contributed by atoms with van der Waals surface area (Å²) in [6.07, 6.45) is 0. The van der Waals surface area contributed by atoms with Gasteiger partial charge in [0.1, 0.15) is 23.0 Å². The standard InChI is InChI=1S/C32H23BO2/c1-20-9-3-5-11-24(20)22-15-16-27-29(17-22)35-31-19-23(25-12-6-4-10-21(25)2)18-30-32(31)33(27)26-13-7-8-14-28(26)34-30/h3-19H,1-2H3. The smallest absolute Gasteiger partial charge is 0.260 e. The van der Waals surface area contributed by atoms with Gasteiger partial charge in [0, 0.05) is 5.46 Å². The number of hydrogen-bond acceptors (Lipinski definition) is 2. The Balaban J connectivity index is 1.46. The van der Waals surface area contributed by atoms with Crippen molar-refractivity contribution in [3.05, 3.63) is 114 Å². The largest absolute Gasteiger partial charge is 0.458 e. The first kappa shape index (κ1) is 20.2. The van der Waals surface area contributed by atoms with Crippen molar-refractivity contribution in [1.82, 2.24) is 0 Å².